The number of hydrogen-bond acceptors (Lipinski definition) is 3. The van der Waals surface area contributed by atoms with E-state index in [9.17, 15) is 9.90 Å². The third-order valence-electron chi connectivity index (χ3n) is 3.05. The topological polar surface area (TPSA) is 68.0 Å². The van der Waals surface area contributed by atoms with Gasteiger partial charge in [0.15, 0.2) is 0 Å². The minimum atomic E-state index is -0.999. The van der Waals surface area contributed by atoms with Gasteiger partial charge in [-0.2, -0.15) is 0 Å². The van der Waals surface area contributed by atoms with E-state index in [2.05, 4.69) is 24.0 Å². The van der Waals surface area contributed by atoms with Crippen LogP contribution in [0.1, 0.15) is 52.3 Å². The highest BCUT2D eigenvalue weighted by Gasteiger charge is 2.33. The maximum Gasteiger partial charge on any atom is 0.329 e. The zero-order valence-electron chi connectivity index (χ0n) is 10.3. The van der Waals surface area contributed by atoms with Gasteiger partial charge in [-0.05, 0) is 26.7 Å². The van der Waals surface area contributed by atoms with Crippen LogP contribution in [-0.4, -0.2) is 25.8 Å². The maximum atomic E-state index is 11.2. The Morgan fingerprint density at radius 1 is 1.50 bits per heavy atom. The molecule has 90 valence electrons. The molecule has 0 aliphatic heterocycles. The summed E-state index contributed by atoms with van der Waals surface area (Å²) in [5, 5.41) is 17.1. The second-order valence-corrected chi connectivity index (χ2v) is 4.44. The zero-order valence-corrected chi connectivity index (χ0v) is 10.3. The molecule has 0 aliphatic carbocycles. The Hall–Kier alpha value is -1.39. The highest BCUT2D eigenvalue weighted by atomic mass is 16.4. The van der Waals surface area contributed by atoms with Crippen molar-refractivity contribution < 1.29 is 9.90 Å². The van der Waals surface area contributed by atoms with Gasteiger partial charge in [-0.15, -0.1) is 10.2 Å². The quantitative estimate of drug-likeness (QED) is 0.832. The SMILES string of the molecule is CCC(CC)c1nncn1C(C)(C)C(=O)O. The van der Waals surface area contributed by atoms with Gasteiger partial charge in [-0.25, -0.2) is 4.79 Å². The van der Waals surface area contributed by atoms with Crippen LogP contribution in [0, 0.1) is 0 Å². The summed E-state index contributed by atoms with van der Waals surface area (Å²) in [4.78, 5) is 11.2. The highest BCUT2D eigenvalue weighted by molar-refractivity contribution is 5.75. The van der Waals surface area contributed by atoms with Gasteiger partial charge in [0.05, 0.1) is 0 Å². The lowest BCUT2D eigenvalue weighted by atomic mass is 9.99. The van der Waals surface area contributed by atoms with E-state index >= 15 is 0 Å². The van der Waals surface area contributed by atoms with Crippen molar-refractivity contribution >= 4 is 5.97 Å². The molecule has 5 nitrogen and oxygen atoms in total. The van der Waals surface area contributed by atoms with Gasteiger partial charge >= 0.3 is 5.97 Å². The predicted molar refractivity (Wildman–Crippen MR) is 60.3 cm³/mol. The number of aromatic nitrogens is 3. The van der Waals surface area contributed by atoms with Crippen LogP contribution in [0.15, 0.2) is 6.33 Å². The number of rotatable bonds is 5. The average molecular weight is 225 g/mol. The summed E-state index contributed by atoms with van der Waals surface area (Å²) in [5.74, 6) is 0.151. The van der Waals surface area contributed by atoms with Gasteiger partial charge < -0.3 is 9.67 Å². The third-order valence-corrected chi connectivity index (χ3v) is 3.05. The van der Waals surface area contributed by atoms with Crippen molar-refractivity contribution in [2.24, 2.45) is 0 Å². The van der Waals surface area contributed by atoms with E-state index in [1.807, 2.05) is 0 Å². The van der Waals surface area contributed by atoms with Gasteiger partial charge in [0.2, 0.25) is 0 Å². The van der Waals surface area contributed by atoms with Gasteiger partial charge in [0.25, 0.3) is 0 Å². The summed E-state index contributed by atoms with van der Waals surface area (Å²) < 4.78 is 1.66. The largest absolute Gasteiger partial charge is 0.480 e. The van der Waals surface area contributed by atoms with Crippen molar-refractivity contribution in [3.05, 3.63) is 12.2 Å². The van der Waals surface area contributed by atoms with Crippen LogP contribution in [0.5, 0.6) is 0 Å². The minimum absolute atomic E-state index is 0.265. The molecule has 0 bridgehead atoms. The molecular formula is C11H19N3O2. The van der Waals surface area contributed by atoms with Crippen LogP contribution in [0.2, 0.25) is 0 Å². The summed E-state index contributed by atoms with van der Waals surface area (Å²) in [6.45, 7) is 7.46. The van der Waals surface area contributed by atoms with E-state index in [1.54, 1.807) is 18.4 Å². The summed E-state index contributed by atoms with van der Waals surface area (Å²) in [6, 6.07) is 0. The molecule has 0 amide bonds. The van der Waals surface area contributed by atoms with E-state index in [1.165, 1.54) is 6.33 Å². The Bertz CT molecular complexity index is 367. The number of carbonyl (C=O) groups is 1. The van der Waals surface area contributed by atoms with Gasteiger partial charge in [0.1, 0.15) is 17.7 Å². The Morgan fingerprint density at radius 3 is 2.50 bits per heavy atom. The summed E-state index contributed by atoms with van der Waals surface area (Å²) in [6.07, 6.45) is 3.37. The van der Waals surface area contributed by atoms with Crippen LogP contribution < -0.4 is 0 Å². The fourth-order valence-electron chi connectivity index (χ4n) is 1.71. The van der Waals surface area contributed by atoms with Gasteiger partial charge in [-0.3, -0.25) is 0 Å². The Kier molecular flexibility index (Phi) is 3.67. The van der Waals surface area contributed by atoms with E-state index in [0.717, 1.165) is 18.7 Å². The van der Waals surface area contributed by atoms with E-state index in [-0.39, 0.29) is 5.92 Å². The van der Waals surface area contributed by atoms with Crippen molar-refractivity contribution in [2.75, 3.05) is 0 Å². The molecule has 0 unspecified atom stereocenters. The molecule has 5 heteroatoms. The molecule has 0 spiro atoms. The summed E-state index contributed by atoms with van der Waals surface area (Å²) >= 11 is 0. The molecule has 0 atom stereocenters. The van der Waals surface area contributed by atoms with Crippen molar-refractivity contribution in [3.8, 4) is 0 Å². The minimum Gasteiger partial charge on any atom is -0.480 e. The van der Waals surface area contributed by atoms with Crippen molar-refractivity contribution in [1.29, 1.82) is 0 Å². The lowest BCUT2D eigenvalue weighted by Crippen LogP contribution is -2.36. The zero-order chi connectivity index (χ0) is 12.3. The standard InChI is InChI=1S/C11H19N3O2/c1-5-8(6-2)9-13-12-7-14(9)11(3,4)10(15)16/h7-8H,5-6H2,1-4H3,(H,15,16). The maximum absolute atomic E-state index is 11.2. The number of carboxylic acids is 1. The molecule has 1 aromatic heterocycles. The number of nitrogens with zero attached hydrogens (tertiary/aromatic N) is 3. The van der Waals surface area contributed by atoms with Crippen LogP contribution >= 0.6 is 0 Å². The molecular weight excluding hydrogens is 206 g/mol. The van der Waals surface area contributed by atoms with Gasteiger partial charge in [-0.1, -0.05) is 13.8 Å². The molecule has 0 aromatic carbocycles. The normalized spacial score (nSPS) is 12.1. The Labute approximate surface area is 95.5 Å². The molecule has 0 aliphatic rings. The number of hydrogen-bond donors (Lipinski definition) is 1. The van der Waals surface area contributed by atoms with Crippen molar-refractivity contribution in [2.45, 2.75) is 52.0 Å². The Balaban J connectivity index is 3.16. The highest BCUT2D eigenvalue weighted by Crippen LogP contribution is 2.26. The third kappa shape index (κ3) is 2.08. The van der Waals surface area contributed by atoms with E-state index in [4.69, 9.17) is 0 Å². The molecule has 16 heavy (non-hydrogen) atoms. The van der Waals surface area contributed by atoms with Crippen molar-refractivity contribution in [1.82, 2.24) is 14.8 Å². The summed E-state index contributed by atoms with van der Waals surface area (Å²) in [5.41, 5.74) is -0.999. The molecule has 0 fully saturated rings. The average Bonchev–Trinajstić information content (AvgIpc) is 2.69. The smallest absolute Gasteiger partial charge is 0.329 e. The second-order valence-electron chi connectivity index (χ2n) is 4.44. The predicted octanol–water partition coefficient (Wildman–Crippen LogP) is 2.00. The fourth-order valence-corrected chi connectivity index (χ4v) is 1.71. The number of aliphatic carboxylic acids is 1. The number of carboxylic acid groups (broad SMARTS) is 1. The van der Waals surface area contributed by atoms with E-state index in [0.29, 0.717) is 0 Å². The lowest BCUT2D eigenvalue weighted by Gasteiger charge is -2.25. The lowest BCUT2D eigenvalue weighted by molar-refractivity contribution is -0.145. The first-order chi connectivity index (χ1) is 7.45. The molecule has 1 heterocycles. The molecule has 1 N–H and O–H groups in total. The first-order valence-corrected chi connectivity index (χ1v) is 5.58. The molecule has 1 rings (SSSR count). The summed E-state index contributed by atoms with van der Waals surface area (Å²) in [7, 11) is 0. The molecule has 0 saturated carbocycles. The second kappa shape index (κ2) is 4.63. The van der Waals surface area contributed by atoms with Crippen LogP contribution in [0.4, 0.5) is 0 Å². The van der Waals surface area contributed by atoms with Crippen LogP contribution in [-0.2, 0) is 10.3 Å². The van der Waals surface area contributed by atoms with Crippen LogP contribution in [0.3, 0.4) is 0 Å². The first-order valence-electron chi connectivity index (χ1n) is 5.58. The van der Waals surface area contributed by atoms with Gasteiger partial charge in [0, 0.05) is 5.92 Å². The van der Waals surface area contributed by atoms with Crippen molar-refractivity contribution in [3.63, 3.8) is 0 Å². The molecule has 0 radical (unpaired) electrons. The molecule has 1 aromatic rings. The fraction of sp³-hybridized carbons (Fsp3) is 0.727. The molecule has 0 saturated heterocycles. The monoisotopic (exact) mass is 225 g/mol. The van der Waals surface area contributed by atoms with Crippen LogP contribution in [0.25, 0.3) is 0 Å². The Morgan fingerprint density at radius 2 is 2.06 bits per heavy atom. The van der Waals surface area contributed by atoms with E-state index < -0.39 is 11.5 Å². The first kappa shape index (κ1) is 12.7.